The van der Waals surface area contributed by atoms with E-state index in [0.717, 1.165) is 24.7 Å². The second-order valence-electron chi connectivity index (χ2n) is 8.09. The molecule has 2 N–H and O–H groups in total. The monoisotopic (exact) mass is 326 g/mol. The second kappa shape index (κ2) is 5.11. The molecule has 0 aromatic heterocycles. The van der Waals surface area contributed by atoms with Crippen molar-refractivity contribution in [3.63, 3.8) is 0 Å². The van der Waals surface area contributed by atoms with Crippen molar-refractivity contribution in [2.45, 2.75) is 63.5 Å². The zero-order valence-corrected chi connectivity index (χ0v) is 13.8. The molecule has 4 rings (SSSR count). The van der Waals surface area contributed by atoms with Gasteiger partial charge >= 0.3 is 6.03 Å². The van der Waals surface area contributed by atoms with E-state index in [4.69, 9.17) is 0 Å². The van der Waals surface area contributed by atoms with Crippen molar-refractivity contribution in [1.29, 1.82) is 0 Å². The maximum Gasteiger partial charge on any atom is 0.315 e. The molecule has 2 amide bonds. The fraction of sp³-hybridized carbons (Fsp3) is 0.938. The Morgan fingerprint density at radius 1 is 0.909 bits per heavy atom. The Labute approximate surface area is 132 Å². The van der Waals surface area contributed by atoms with E-state index < -0.39 is 9.84 Å². The molecule has 4 aliphatic rings. The smallest absolute Gasteiger partial charge is 0.315 e. The molecule has 2 unspecified atom stereocenters. The van der Waals surface area contributed by atoms with Gasteiger partial charge in [-0.15, -0.1) is 0 Å². The first-order valence-electron chi connectivity index (χ1n) is 8.72. The van der Waals surface area contributed by atoms with Crippen LogP contribution >= 0.6 is 0 Å². The van der Waals surface area contributed by atoms with Crippen molar-refractivity contribution in [2.24, 2.45) is 17.3 Å². The Morgan fingerprint density at radius 3 is 2.18 bits per heavy atom. The van der Waals surface area contributed by atoms with Gasteiger partial charge in [-0.2, -0.15) is 0 Å². The lowest BCUT2D eigenvalue weighted by Gasteiger charge is -2.51. The normalized spacial score (nSPS) is 43.0. The standard InChI is InChI=1S/C16H26N2O3S/c19-15(17-13-3-5-22(20,21)6-4-13)18-14-9-16(10-14)8-11-1-2-12(16)7-11/h11-14H,1-10H2,(H2,17,18,19). The molecule has 0 radical (unpaired) electrons. The van der Waals surface area contributed by atoms with Gasteiger partial charge in [-0.05, 0) is 62.2 Å². The number of sulfone groups is 1. The average molecular weight is 326 g/mol. The summed E-state index contributed by atoms with van der Waals surface area (Å²) in [7, 11) is -2.86. The van der Waals surface area contributed by atoms with Gasteiger partial charge in [0.1, 0.15) is 9.84 Å². The SMILES string of the molecule is O=C(NC1CCS(=O)(=O)CC1)NC1CC2(CC3CCC2C3)C1. The van der Waals surface area contributed by atoms with Crippen molar-refractivity contribution in [3.05, 3.63) is 0 Å². The van der Waals surface area contributed by atoms with E-state index in [-0.39, 0.29) is 23.6 Å². The van der Waals surface area contributed by atoms with E-state index in [0.29, 0.717) is 24.3 Å². The highest BCUT2D eigenvalue weighted by Crippen LogP contribution is 2.64. The van der Waals surface area contributed by atoms with Crippen LogP contribution in [0.15, 0.2) is 0 Å². The predicted molar refractivity (Wildman–Crippen MR) is 84.2 cm³/mol. The molecule has 124 valence electrons. The summed E-state index contributed by atoms with van der Waals surface area (Å²) in [6, 6.07) is 0.235. The summed E-state index contributed by atoms with van der Waals surface area (Å²) < 4.78 is 22.8. The number of urea groups is 1. The lowest BCUT2D eigenvalue weighted by molar-refractivity contribution is 0.0241. The first-order chi connectivity index (χ1) is 10.4. The number of rotatable bonds is 2. The number of nitrogens with one attached hydrogen (secondary N) is 2. The quantitative estimate of drug-likeness (QED) is 0.813. The van der Waals surface area contributed by atoms with Gasteiger partial charge in [0.15, 0.2) is 0 Å². The number of amides is 2. The number of carbonyl (C=O) groups excluding carboxylic acids is 1. The molecule has 2 atom stereocenters. The van der Waals surface area contributed by atoms with Crippen molar-refractivity contribution < 1.29 is 13.2 Å². The van der Waals surface area contributed by atoms with Crippen LogP contribution < -0.4 is 10.6 Å². The highest BCUT2D eigenvalue weighted by molar-refractivity contribution is 7.91. The fourth-order valence-electron chi connectivity index (χ4n) is 5.53. The van der Waals surface area contributed by atoms with E-state index >= 15 is 0 Å². The highest BCUT2D eigenvalue weighted by atomic mass is 32.2. The number of hydrogen-bond donors (Lipinski definition) is 2. The van der Waals surface area contributed by atoms with Gasteiger partial charge in [-0.1, -0.05) is 6.42 Å². The maximum absolute atomic E-state index is 12.1. The van der Waals surface area contributed by atoms with Crippen molar-refractivity contribution in [2.75, 3.05) is 11.5 Å². The van der Waals surface area contributed by atoms with Crippen LogP contribution in [-0.4, -0.2) is 38.0 Å². The Bertz CT molecular complexity index is 554. The van der Waals surface area contributed by atoms with Crippen molar-refractivity contribution >= 4 is 15.9 Å². The number of carbonyl (C=O) groups is 1. The van der Waals surface area contributed by atoms with Crippen LogP contribution in [0.1, 0.15) is 51.4 Å². The molecule has 3 saturated carbocycles. The third kappa shape index (κ3) is 2.63. The lowest BCUT2D eigenvalue weighted by Crippen LogP contribution is -2.56. The fourth-order valence-corrected chi connectivity index (χ4v) is 7.02. The molecule has 3 aliphatic carbocycles. The minimum absolute atomic E-state index is 0.0139. The minimum atomic E-state index is -2.86. The molecular weight excluding hydrogens is 300 g/mol. The van der Waals surface area contributed by atoms with Gasteiger partial charge in [0.25, 0.3) is 0 Å². The van der Waals surface area contributed by atoms with Gasteiger partial charge in [-0.3, -0.25) is 0 Å². The second-order valence-corrected chi connectivity index (χ2v) is 10.4. The Morgan fingerprint density at radius 2 is 1.59 bits per heavy atom. The molecule has 6 heteroatoms. The van der Waals surface area contributed by atoms with E-state index in [1.807, 2.05) is 0 Å². The van der Waals surface area contributed by atoms with Gasteiger partial charge < -0.3 is 10.6 Å². The first-order valence-corrected chi connectivity index (χ1v) is 10.5. The Balaban J connectivity index is 1.21. The molecule has 1 saturated heterocycles. The zero-order chi connectivity index (χ0) is 15.4. The number of fused-ring (bicyclic) bond motifs is 3. The third-order valence-electron chi connectivity index (χ3n) is 6.63. The van der Waals surface area contributed by atoms with Crippen LogP contribution in [0.25, 0.3) is 0 Å². The molecule has 22 heavy (non-hydrogen) atoms. The van der Waals surface area contributed by atoms with Crippen molar-refractivity contribution in [3.8, 4) is 0 Å². The van der Waals surface area contributed by atoms with Crippen LogP contribution in [0.3, 0.4) is 0 Å². The average Bonchev–Trinajstić information content (AvgIpc) is 3.01. The minimum Gasteiger partial charge on any atom is -0.335 e. The van der Waals surface area contributed by atoms with E-state index in [9.17, 15) is 13.2 Å². The zero-order valence-electron chi connectivity index (χ0n) is 13.0. The van der Waals surface area contributed by atoms with Crippen LogP contribution in [-0.2, 0) is 9.84 Å². The summed E-state index contributed by atoms with van der Waals surface area (Å²) in [5.41, 5.74) is 0.555. The van der Waals surface area contributed by atoms with Crippen LogP contribution in [0.2, 0.25) is 0 Å². The summed E-state index contributed by atoms with van der Waals surface area (Å²) in [5, 5.41) is 6.05. The predicted octanol–water partition coefficient (Wildman–Crippen LogP) is 1.83. The highest BCUT2D eigenvalue weighted by Gasteiger charge is 2.57. The maximum atomic E-state index is 12.1. The van der Waals surface area contributed by atoms with Gasteiger partial charge in [0, 0.05) is 12.1 Å². The third-order valence-corrected chi connectivity index (χ3v) is 8.35. The van der Waals surface area contributed by atoms with Crippen LogP contribution in [0.5, 0.6) is 0 Å². The number of hydrogen-bond acceptors (Lipinski definition) is 3. The van der Waals surface area contributed by atoms with Gasteiger partial charge in [0.2, 0.25) is 0 Å². The van der Waals surface area contributed by atoms with E-state index in [2.05, 4.69) is 10.6 Å². The molecular formula is C16H26N2O3S. The molecule has 0 aromatic carbocycles. The Hall–Kier alpha value is -0.780. The first kappa shape index (κ1) is 14.8. The van der Waals surface area contributed by atoms with Gasteiger partial charge in [0.05, 0.1) is 11.5 Å². The van der Waals surface area contributed by atoms with Gasteiger partial charge in [-0.25, -0.2) is 13.2 Å². The lowest BCUT2D eigenvalue weighted by atomic mass is 9.57. The molecule has 1 heterocycles. The van der Waals surface area contributed by atoms with Crippen LogP contribution in [0, 0.1) is 17.3 Å². The molecule has 2 bridgehead atoms. The van der Waals surface area contributed by atoms with E-state index in [1.54, 1.807) is 0 Å². The topological polar surface area (TPSA) is 75.3 Å². The van der Waals surface area contributed by atoms with Crippen LogP contribution in [0.4, 0.5) is 4.79 Å². The molecule has 4 fully saturated rings. The summed E-state index contributed by atoms with van der Waals surface area (Å²) >= 11 is 0. The Kier molecular flexibility index (Phi) is 3.44. The summed E-state index contributed by atoms with van der Waals surface area (Å²) in [6.45, 7) is 0. The molecule has 5 nitrogen and oxygen atoms in total. The molecule has 1 aliphatic heterocycles. The summed E-state index contributed by atoms with van der Waals surface area (Å²) in [5.74, 6) is 2.28. The molecule has 0 aromatic rings. The van der Waals surface area contributed by atoms with E-state index in [1.165, 1.54) is 25.7 Å². The largest absolute Gasteiger partial charge is 0.335 e. The summed E-state index contributed by atoms with van der Waals surface area (Å²) in [6.07, 6.45) is 9.05. The van der Waals surface area contributed by atoms with Crippen molar-refractivity contribution in [1.82, 2.24) is 10.6 Å². The molecule has 1 spiro atoms. The summed E-state index contributed by atoms with van der Waals surface area (Å²) in [4.78, 5) is 12.1.